The molecule has 7 N–H and O–H groups in total. The van der Waals surface area contributed by atoms with E-state index >= 15 is 0 Å². The molecule has 12 heteroatoms. The average Bonchev–Trinajstić information content (AvgIpc) is 3.43. The average molecular weight is 503 g/mol. The molecule has 0 spiro atoms. The highest BCUT2D eigenvalue weighted by Gasteiger charge is 2.57. The number of carbonyl (C=O) groups is 2. The maximum atomic E-state index is 12.4. The van der Waals surface area contributed by atoms with Gasteiger partial charge in [0.15, 0.2) is 5.84 Å². The first kappa shape index (κ1) is 27.5. The van der Waals surface area contributed by atoms with Crippen molar-refractivity contribution in [1.29, 1.82) is 10.7 Å². The summed E-state index contributed by atoms with van der Waals surface area (Å²) in [7, 11) is 0. The predicted molar refractivity (Wildman–Crippen MR) is 129 cm³/mol. The Morgan fingerprint density at radius 1 is 1.39 bits per heavy atom. The molecule has 0 bridgehead atoms. The van der Waals surface area contributed by atoms with E-state index in [9.17, 15) is 25.1 Å². The van der Waals surface area contributed by atoms with Crippen LogP contribution in [-0.4, -0.2) is 69.7 Å². The Hall–Kier alpha value is -3.11. The largest absolute Gasteiger partial charge is 0.463 e. The number of aliphatic hydroxyl groups excluding tert-OH is 2. The molecule has 1 aromatic rings. The summed E-state index contributed by atoms with van der Waals surface area (Å²) in [6.07, 6.45) is 1.82. The summed E-state index contributed by atoms with van der Waals surface area (Å²) in [6.45, 7) is 1.48. The lowest BCUT2D eigenvalue weighted by Gasteiger charge is -2.32. The number of nitrogens with two attached hydrogens (primary N) is 1. The number of esters is 1. The van der Waals surface area contributed by atoms with Crippen LogP contribution in [0.3, 0.4) is 0 Å². The van der Waals surface area contributed by atoms with Crippen LogP contribution in [0.2, 0.25) is 0 Å². The molecule has 0 unspecified atom stereocenters. The zero-order chi connectivity index (χ0) is 26.3. The maximum absolute atomic E-state index is 12.4. The summed E-state index contributed by atoms with van der Waals surface area (Å²) < 4.78 is 11.1. The second-order valence-corrected chi connectivity index (χ2v) is 9.41. The van der Waals surface area contributed by atoms with Crippen LogP contribution in [0.1, 0.15) is 69.7 Å². The zero-order valence-electron chi connectivity index (χ0n) is 20.3. The summed E-state index contributed by atoms with van der Waals surface area (Å²) in [6, 6.07) is 4.87. The number of nitrogens with one attached hydrogen (secondary N) is 3. The third-order valence-corrected chi connectivity index (χ3v) is 6.65. The maximum Gasteiger partial charge on any atom is 0.307 e. The molecule has 1 aliphatic heterocycles. The van der Waals surface area contributed by atoms with Crippen molar-refractivity contribution in [3.8, 4) is 6.07 Å². The Morgan fingerprint density at radius 3 is 2.75 bits per heavy atom. The Kier molecular flexibility index (Phi) is 8.97. The smallest absolute Gasteiger partial charge is 0.307 e. The molecule has 2 aliphatic rings. The fraction of sp³-hybridized carbons (Fsp3) is 0.625. The third-order valence-electron chi connectivity index (χ3n) is 6.65. The van der Waals surface area contributed by atoms with Gasteiger partial charge in [0.2, 0.25) is 11.5 Å². The fourth-order valence-corrected chi connectivity index (χ4v) is 4.68. The molecule has 1 aliphatic carbocycles. The Balaban J connectivity index is 1.71. The van der Waals surface area contributed by atoms with E-state index in [0.29, 0.717) is 6.42 Å². The van der Waals surface area contributed by atoms with Gasteiger partial charge in [-0.25, -0.2) is 4.99 Å². The standard InChI is InChI=1S/C24H34N6O6/c1-2-6-18(31)30-22(28-14-26)15-7-8-17(29-15)24(13-25)21(34)20(33)16(36-24)12-35-19(32)11-23(27)9-4-3-5-10-23/h7-8,14,16,20-21,29,33-34H,2-6,9-12,27H2,1H3,(H2,26,28,30,31)/t16-,20-,21-,24+/m1/s1. The van der Waals surface area contributed by atoms with Gasteiger partial charge in [0.25, 0.3) is 0 Å². The minimum absolute atomic E-state index is 0.0423. The van der Waals surface area contributed by atoms with Crippen LogP contribution in [0.15, 0.2) is 17.1 Å². The van der Waals surface area contributed by atoms with Crippen molar-refractivity contribution in [3.63, 3.8) is 0 Å². The van der Waals surface area contributed by atoms with E-state index in [1.807, 2.05) is 13.0 Å². The molecule has 0 aromatic carbocycles. The van der Waals surface area contributed by atoms with E-state index < -0.39 is 35.4 Å². The van der Waals surface area contributed by atoms with E-state index in [1.54, 1.807) is 0 Å². The second-order valence-electron chi connectivity index (χ2n) is 9.41. The normalized spacial score (nSPS) is 27.8. The second kappa shape index (κ2) is 11.7. The number of amides is 1. The Bertz CT molecular complexity index is 1030. The fourth-order valence-electron chi connectivity index (χ4n) is 4.68. The van der Waals surface area contributed by atoms with Gasteiger partial charge < -0.3 is 35.7 Å². The minimum atomic E-state index is -1.99. The van der Waals surface area contributed by atoms with Crippen LogP contribution < -0.4 is 11.1 Å². The van der Waals surface area contributed by atoms with Gasteiger partial charge in [-0.05, 0) is 31.4 Å². The van der Waals surface area contributed by atoms with Crippen molar-refractivity contribution in [1.82, 2.24) is 10.3 Å². The molecule has 1 aromatic heterocycles. The van der Waals surface area contributed by atoms with E-state index in [0.717, 1.165) is 38.4 Å². The predicted octanol–water partition coefficient (Wildman–Crippen LogP) is 0.719. The minimum Gasteiger partial charge on any atom is -0.463 e. The summed E-state index contributed by atoms with van der Waals surface area (Å²) in [5, 5.41) is 41.1. The number of nitrogens with zero attached hydrogens (tertiary/aromatic N) is 2. The van der Waals surface area contributed by atoms with Gasteiger partial charge in [-0.2, -0.15) is 5.26 Å². The number of hydrogen-bond donors (Lipinski definition) is 6. The van der Waals surface area contributed by atoms with Crippen LogP contribution in [0, 0.1) is 16.7 Å². The molecule has 196 valence electrons. The number of amidine groups is 1. The van der Waals surface area contributed by atoms with Gasteiger partial charge in [-0.3, -0.25) is 15.0 Å². The zero-order valence-corrected chi connectivity index (χ0v) is 20.3. The van der Waals surface area contributed by atoms with Crippen LogP contribution in [-0.2, 0) is 24.7 Å². The number of aromatic nitrogens is 1. The van der Waals surface area contributed by atoms with Gasteiger partial charge in [-0.15, -0.1) is 0 Å². The number of ether oxygens (including phenoxy) is 2. The first-order valence-corrected chi connectivity index (χ1v) is 12.1. The number of nitriles is 1. The molecule has 1 saturated carbocycles. The van der Waals surface area contributed by atoms with Gasteiger partial charge in [0, 0.05) is 12.0 Å². The number of H-pyrrole nitrogens is 1. The van der Waals surface area contributed by atoms with Crippen LogP contribution in [0.5, 0.6) is 0 Å². The third kappa shape index (κ3) is 5.99. The van der Waals surface area contributed by atoms with E-state index in [4.69, 9.17) is 20.6 Å². The Morgan fingerprint density at radius 2 is 2.11 bits per heavy atom. The van der Waals surface area contributed by atoms with Crippen molar-refractivity contribution < 1.29 is 29.3 Å². The molecule has 36 heavy (non-hydrogen) atoms. The van der Waals surface area contributed by atoms with E-state index in [2.05, 4.69) is 15.3 Å². The number of aromatic amines is 1. The van der Waals surface area contributed by atoms with Crippen molar-refractivity contribution in [2.24, 2.45) is 10.7 Å². The van der Waals surface area contributed by atoms with E-state index in [-0.39, 0.29) is 42.6 Å². The first-order chi connectivity index (χ1) is 17.2. The number of aliphatic hydroxyl groups is 2. The van der Waals surface area contributed by atoms with Crippen molar-refractivity contribution in [2.45, 2.75) is 87.7 Å². The SMILES string of the molecule is CCCC(=O)N/C(=N/C=N)c1ccc([C@]2(C#N)O[C@H](COC(=O)CC3(N)CCCCC3)[C@@H](O)[C@H]2O)[nH]1. The molecule has 1 saturated heterocycles. The summed E-state index contributed by atoms with van der Waals surface area (Å²) in [5.74, 6) is -0.775. The number of rotatable bonds is 9. The van der Waals surface area contributed by atoms with Crippen molar-refractivity contribution in [2.75, 3.05) is 6.61 Å². The van der Waals surface area contributed by atoms with E-state index in [1.165, 1.54) is 12.1 Å². The molecule has 4 atom stereocenters. The number of hydrogen-bond acceptors (Lipinski definition) is 9. The molecule has 12 nitrogen and oxygen atoms in total. The monoisotopic (exact) mass is 502 g/mol. The van der Waals surface area contributed by atoms with Crippen molar-refractivity contribution >= 4 is 24.1 Å². The van der Waals surface area contributed by atoms with Crippen LogP contribution >= 0.6 is 0 Å². The van der Waals surface area contributed by atoms with Gasteiger partial charge in [0.1, 0.15) is 37.3 Å². The summed E-state index contributed by atoms with van der Waals surface area (Å²) >= 11 is 0. The summed E-state index contributed by atoms with van der Waals surface area (Å²) in [5.41, 5.74) is 4.09. The van der Waals surface area contributed by atoms with Crippen LogP contribution in [0.4, 0.5) is 0 Å². The molecule has 3 rings (SSSR count). The highest BCUT2D eigenvalue weighted by molar-refractivity contribution is 6.09. The molecule has 2 fully saturated rings. The lowest BCUT2D eigenvalue weighted by atomic mass is 9.80. The lowest BCUT2D eigenvalue weighted by molar-refractivity contribution is -0.152. The van der Waals surface area contributed by atoms with Crippen LogP contribution in [0.25, 0.3) is 0 Å². The Labute approximate surface area is 209 Å². The molecule has 0 radical (unpaired) electrons. The topological polar surface area (TPSA) is 207 Å². The first-order valence-electron chi connectivity index (χ1n) is 12.1. The van der Waals surface area contributed by atoms with Gasteiger partial charge >= 0.3 is 5.97 Å². The quantitative estimate of drug-likeness (QED) is 0.161. The highest BCUT2D eigenvalue weighted by Crippen LogP contribution is 2.39. The van der Waals surface area contributed by atoms with Gasteiger partial charge in [0.05, 0.1) is 17.8 Å². The molecule has 2 heterocycles. The number of carbonyl (C=O) groups excluding carboxylic acids is 2. The van der Waals surface area contributed by atoms with Gasteiger partial charge in [-0.1, -0.05) is 26.2 Å². The highest BCUT2D eigenvalue weighted by atomic mass is 16.6. The molecular weight excluding hydrogens is 468 g/mol. The molecular formula is C24H34N6O6. The lowest BCUT2D eigenvalue weighted by Crippen LogP contribution is -2.44. The molecule has 1 amide bonds. The summed E-state index contributed by atoms with van der Waals surface area (Å²) in [4.78, 5) is 31.1. The number of aliphatic imine (C=N–C) groups is 1. The van der Waals surface area contributed by atoms with Crippen molar-refractivity contribution in [3.05, 3.63) is 23.5 Å².